The van der Waals surface area contributed by atoms with E-state index in [9.17, 15) is 14.4 Å². The average Bonchev–Trinajstić information content (AvgIpc) is 3.09. The predicted molar refractivity (Wildman–Crippen MR) is 122 cm³/mol. The highest BCUT2D eigenvalue weighted by Gasteiger charge is 2.30. The van der Waals surface area contributed by atoms with Gasteiger partial charge in [0.15, 0.2) is 0 Å². The number of nitrogens with zero attached hydrogens (tertiary/aromatic N) is 3. The van der Waals surface area contributed by atoms with Gasteiger partial charge in [-0.05, 0) is 55.6 Å². The zero-order valence-corrected chi connectivity index (χ0v) is 18.9. The van der Waals surface area contributed by atoms with E-state index >= 15 is 0 Å². The molecule has 3 rings (SSSR count). The van der Waals surface area contributed by atoms with Crippen molar-refractivity contribution < 1.29 is 14.4 Å². The van der Waals surface area contributed by atoms with E-state index in [2.05, 4.69) is 34.7 Å². The van der Waals surface area contributed by atoms with E-state index < -0.39 is 0 Å². The molecular formula is C23H26BrN3O3. The number of anilines is 2. The van der Waals surface area contributed by atoms with Gasteiger partial charge < -0.3 is 9.80 Å². The minimum Gasteiger partial charge on any atom is -0.307 e. The van der Waals surface area contributed by atoms with Crippen molar-refractivity contribution in [2.75, 3.05) is 36.0 Å². The highest BCUT2D eigenvalue weighted by Crippen LogP contribution is 2.25. The van der Waals surface area contributed by atoms with Crippen LogP contribution in [0, 0.1) is 0 Å². The summed E-state index contributed by atoms with van der Waals surface area (Å²) < 4.78 is 0.905. The molecule has 0 N–H and O–H groups in total. The summed E-state index contributed by atoms with van der Waals surface area (Å²) in [5.74, 6) is -0.519. The van der Waals surface area contributed by atoms with Crippen molar-refractivity contribution in [1.82, 2.24) is 4.90 Å². The van der Waals surface area contributed by atoms with Crippen molar-refractivity contribution in [1.29, 1.82) is 0 Å². The van der Waals surface area contributed by atoms with Gasteiger partial charge in [-0.1, -0.05) is 35.8 Å². The molecule has 1 saturated heterocycles. The van der Waals surface area contributed by atoms with Gasteiger partial charge in [0.1, 0.15) is 0 Å². The van der Waals surface area contributed by atoms with Crippen LogP contribution >= 0.6 is 15.9 Å². The molecule has 30 heavy (non-hydrogen) atoms. The van der Waals surface area contributed by atoms with Crippen LogP contribution < -0.4 is 9.80 Å². The standard InChI is InChI=1S/C23H26BrN3O3/c1-3-25(4-2)14-15-26(20-7-5-6-18(24)16-20)23(30)17-8-10-19(11-9-17)27-21(28)12-13-22(27)29/h5-11,16H,3-4,12-15H2,1-2H3. The van der Waals surface area contributed by atoms with Crippen LogP contribution in [0.2, 0.25) is 0 Å². The molecule has 0 bridgehead atoms. The number of halogens is 1. The molecule has 0 aromatic heterocycles. The Morgan fingerprint density at radius 3 is 2.17 bits per heavy atom. The molecule has 7 heteroatoms. The fraction of sp³-hybridized carbons (Fsp3) is 0.348. The maximum atomic E-state index is 13.4. The van der Waals surface area contributed by atoms with Gasteiger partial charge in [0.25, 0.3) is 5.91 Å². The Hall–Kier alpha value is -2.51. The number of imide groups is 1. The second kappa shape index (κ2) is 10.00. The maximum absolute atomic E-state index is 13.4. The van der Waals surface area contributed by atoms with Gasteiger partial charge >= 0.3 is 0 Å². The third kappa shape index (κ3) is 4.96. The Kier molecular flexibility index (Phi) is 7.39. The van der Waals surface area contributed by atoms with Crippen LogP contribution in [0.3, 0.4) is 0 Å². The number of rotatable bonds is 8. The van der Waals surface area contributed by atoms with E-state index in [0.717, 1.165) is 29.8 Å². The van der Waals surface area contributed by atoms with E-state index in [1.54, 1.807) is 29.2 Å². The molecule has 0 saturated carbocycles. The SMILES string of the molecule is CCN(CC)CCN(C(=O)c1ccc(N2C(=O)CCC2=O)cc1)c1cccc(Br)c1. The first-order valence-corrected chi connectivity index (χ1v) is 11.0. The topological polar surface area (TPSA) is 60.9 Å². The molecule has 1 aliphatic heterocycles. The summed E-state index contributed by atoms with van der Waals surface area (Å²) in [7, 11) is 0. The molecule has 0 radical (unpaired) electrons. The summed E-state index contributed by atoms with van der Waals surface area (Å²) in [4.78, 5) is 42.5. The zero-order valence-electron chi connectivity index (χ0n) is 17.3. The van der Waals surface area contributed by atoms with Gasteiger partial charge in [-0.3, -0.25) is 19.3 Å². The third-order valence-electron chi connectivity index (χ3n) is 5.32. The Morgan fingerprint density at radius 2 is 1.60 bits per heavy atom. The zero-order chi connectivity index (χ0) is 21.7. The van der Waals surface area contributed by atoms with Gasteiger partial charge in [0, 0.05) is 41.7 Å². The van der Waals surface area contributed by atoms with Gasteiger partial charge in [-0.2, -0.15) is 0 Å². The monoisotopic (exact) mass is 471 g/mol. The van der Waals surface area contributed by atoms with Crippen molar-refractivity contribution in [2.45, 2.75) is 26.7 Å². The fourth-order valence-electron chi connectivity index (χ4n) is 3.55. The van der Waals surface area contributed by atoms with Gasteiger partial charge in [-0.25, -0.2) is 0 Å². The summed E-state index contributed by atoms with van der Waals surface area (Å²) in [5.41, 5.74) is 1.84. The molecule has 0 unspecified atom stereocenters. The predicted octanol–water partition coefficient (Wildman–Crippen LogP) is 4.09. The number of likely N-dealkylation sites (N-methyl/N-ethyl adjacent to an activating group) is 1. The third-order valence-corrected chi connectivity index (χ3v) is 5.82. The first kappa shape index (κ1) is 22.2. The van der Waals surface area contributed by atoms with Crippen LogP contribution in [0.4, 0.5) is 11.4 Å². The minimum atomic E-state index is -0.200. The number of carbonyl (C=O) groups is 3. The van der Waals surface area contributed by atoms with Crippen molar-refractivity contribution in [3.8, 4) is 0 Å². The van der Waals surface area contributed by atoms with Crippen LogP contribution in [0.25, 0.3) is 0 Å². The lowest BCUT2D eigenvalue weighted by atomic mass is 10.1. The highest BCUT2D eigenvalue weighted by molar-refractivity contribution is 9.10. The first-order valence-electron chi connectivity index (χ1n) is 10.2. The quantitative estimate of drug-likeness (QED) is 0.543. The minimum absolute atomic E-state index is 0.120. The van der Waals surface area contributed by atoms with Crippen LogP contribution in [-0.4, -0.2) is 48.8 Å². The molecule has 0 spiro atoms. The molecule has 6 nitrogen and oxygen atoms in total. The smallest absolute Gasteiger partial charge is 0.258 e. The highest BCUT2D eigenvalue weighted by atomic mass is 79.9. The van der Waals surface area contributed by atoms with Gasteiger partial charge in [-0.15, -0.1) is 0 Å². The molecule has 2 aromatic rings. The molecule has 1 aliphatic rings. The summed E-state index contributed by atoms with van der Waals surface area (Å²) in [6, 6.07) is 14.4. The largest absolute Gasteiger partial charge is 0.307 e. The first-order chi connectivity index (χ1) is 14.4. The van der Waals surface area contributed by atoms with E-state index in [4.69, 9.17) is 0 Å². The average molecular weight is 472 g/mol. The molecule has 1 fully saturated rings. The molecule has 2 aromatic carbocycles. The van der Waals surface area contributed by atoms with Crippen molar-refractivity contribution in [2.24, 2.45) is 0 Å². The summed E-state index contributed by atoms with van der Waals surface area (Å²) in [6.45, 7) is 7.37. The van der Waals surface area contributed by atoms with E-state index in [1.807, 2.05) is 24.3 Å². The Bertz CT molecular complexity index is 910. The van der Waals surface area contributed by atoms with E-state index in [0.29, 0.717) is 17.8 Å². The van der Waals surface area contributed by atoms with Gasteiger partial charge in [0.05, 0.1) is 5.69 Å². The normalized spacial score (nSPS) is 13.9. The second-order valence-electron chi connectivity index (χ2n) is 7.13. The van der Waals surface area contributed by atoms with Crippen LogP contribution in [0.15, 0.2) is 53.0 Å². The van der Waals surface area contributed by atoms with Crippen molar-refractivity contribution in [3.05, 3.63) is 58.6 Å². The fourth-order valence-corrected chi connectivity index (χ4v) is 3.93. The van der Waals surface area contributed by atoms with Crippen molar-refractivity contribution in [3.63, 3.8) is 0 Å². The van der Waals surface area contributed by atoms with Crippen molar-refractivity contribution >= 4 is 45.0 Å². The lowest BCUT2D eigenvalue weighted by Gasteiger charge is -2.27. The van der Waals surface area contributed by atoms with Crippen LogP contribution in [-0.2, 0) is 9.59 Å². The molecule has 158 valence electrons. The second-order valence-corrected chi connectivity index (χ2v) is 8.05. The number of hydrogen-bond acceptors (Lipinski definition) is 4. The van der Waals surface area contributed by atoms with Gasteiger partial charge in [0.2, 0.25) is 11.8 Å². The molecule has 3 amide bonds. The lowest BCUT2D eigenvalue weighted by molar-refractivity contribution is -0.121. The number of amides is 3. The Morgan fingerprint density at radius 1 is 0.967 bits per heavy atom. The number of carbonyl (C=O) groups excluding carboxylic acids is 3. The molecule has 0 atom stereocenters. The van der Waals surface area contributed by atoms with Crippen LogP contribution in [0.5, 0.6) is 0 Å². The Labute approximate surface area is 185 Å². The van der Waals surface area contributed by atoms with E-state index in [-0.39, 0.29) is 30.6 Å². The Balaban J connectivity index is 1.84. The molecule has 1 heterocycles. The maximum Gasteiger partial charge on any atom is 0.258 e. The lowest BCUT2D eigenvalue weighted by Crippen LogP contribution is -2.39. The number of hydrogen-bond donors (Lipinski definition) is 0. The summed E-state index contributed by atoms with van der Waals surface area (Å²) in [6.07, 6.45) is 0.475. The number of benzene rings is 2. The molecule has 0 aliphatic carbocycles. The van der Waals surface area contributed by atoms with E-state index in [1.165, 1.54) is 4.90 Å². The summed E-state index contributed by atoms with van der Waals surface area (Å²) in [5, 5.41) is 0. The molecular weight excluding hydrogens is 446 g/mol. The van der Waals surface area contributed by atoms with Crippen LogP contribution in [0.1, 0.15) is 37.0 Å². The summed E-state index contributed by atoms with van der Waals surface area (Å²) >= 11 is 3.48.